The van der Waals surface area contributed by atoms with Crippen molar-refractivity contribution in [3.05, 3.63) is 35.6 Å². The van der Waals surface area contributed by atoms with Crippen molar-refractivity contribution in [3.8, 4) is 0 Å². The van der Waals surface area contributed by atoms with E-state index in [1.165, 1.54) is 12.1 Å². The Balaban J connectivity index is 1.96. The van der Waals surface area contributed by atoms with Crippen molar-refractivity contribution in [2.75, 3.05) is 12.3 Å². The molecule has 6 heteroatoms. The molecular weight excluding hydrogens is 267 g/mol. The van der Waals surface area contributed by atoms with Crippen LogP contribution < -0.4 is 10.0 Å². The van der Waals surface area contributed by atoms with E-state index in [2.05, 4.69) is 10.0 Å². The molecule has 2 N–H and O–H groups in total. The third-order valence-electron chi connectivity index (χ3n) is 3.31. The van der Waals surface area contributed by atoms with Crippen molar-refractivity contribution in [1.82, 2.24) is 10.0 Å². The molecule has 0 bridgehead atoms. The maximum Gasteiger partial charge on any atom is 0.213 e. The standard InChI is InChI=1S/C13H19FN2O2S/c1-10(11-4-6-12(14)7-5-11)16-19(17,18)9-13-3-2-8-15-13/h4-7,10,13,15-16H,2-3,8-9H2,1H3. The molecule has 1 saturated heterocycles. The van der Waals surface area contributed by atoms with Crippen LogP contribution in [0.1, 0.15) is 31.4 Å². The Kier molecular flexibility index (Phi) is 4.54. The molecule has 0 amide bonds. The van der Waals surface area contributed by atoms with Gasteiger partial charge in [-0.25, -0.2) is 17.5 Å². The van der Waals surface area contributed by atoms with Gasteiger partial charge in [-0.2, -0.15) is 0 Å². The van der Waals surface area contributed by atoms with Gasteiger partial charge in [0, 0.05) is 12.1 Å². The number of rotatable bonds is 5. The molecule has 1 fully saturated rings. The van der Waals surface area contributed by atoms with E-state index in [1.54, 1.807) is 19.1 Å². The van der Waals surface area contributed by atoms with Gasteiger partial charge in [-0.1, -0.05) is 12.1 Å². The van der Waals surface area contributed by atoms with E-state index >= 15 is 0 Å². The van der Waals surface area contributed by atoms with Crippen molar-refractivity contribution in [2.45, 2.75) is 31.8 Å². The molecule has 1 aromatic carbocycles. The van der Waals surface area contributed by atoms with Crippen LogP contribution in [0.15, 0.2) is 24.3 Å². The second kappa shape index (κ2) is 5.98. The van der Waals surface area contributed by atoms with Crippen LogP contribution in [0, 0.1) is 5.82 Å². The number of benzene rings is 1. The van der Waals surface area contributed by atoms with Gasteiger partial charge in [-0.15, -0.1) is 0 Å². The monoisotopic (exact) mass is 286 g/mol. The SMILES string of the molecule is CC(NS(=O)(=O)CC1CCCN1)c1ccc(F)cc1. The molecule has 0 aliphatic carbocycles. The van der Waals surface area contributed by atoms with Gasteiger partial charge in [0.05, 0.1) is 5.75 Å². The second-order valence-electron chi connectivity index (χ2n) is 4.97. The lowest BCUT2D eigenvalue weighted by atomic mass is 10.1. The first-order valence-electron chi connectivity index (χ1n) is 6.45. The van der Waals surface area contributed by atoms with Crippen LogP contribution in [0.4, 0.5) is 4.39 Å². The highest BCUT2D eigenvalue weighted by atomic mass is 32.2. The summed E-state index contributed by atoms with van der Waals surface area (Å²) in [4.78, 5) is 0. The molecule has 1 aliphatic rings. The van der Waals surface area contributed by atoms with Gasteiger partial charge in [0.1, 0.15) is 5.82 Å². The lowest BCUT2D eigenvalue weighted by Gasteiger charge is -2.17. The third kappa shape index (κ3) is 4.26. The predicted molar refractivity (Wildman–Crippen MR) is 72.8 cm³/mol. The van der Waals surface area contributed by atoms with E-state index < -0.39 is 10.0 Å². The summed E-state index contributed by atoms with van der Waals surface area (Å²) in [6.45, 7) is 2.64. The summed E-state index contributed by atoms with van der Waals surface area (Å²) in [5.74, 6) is -0.229. The summed E-state index contributed by atoms with van der Waals surface area (Å²) in [5.41, 5.74) is 0.754. The van der Waals surface area contributed by atoms with Gasteiger partial charge in [-0.3, -0.25) is 0 Å². The van der Waals surface area contributed by atoms with E-state index in [-0.39, 0.29) is 23.7 Å². The van der Waals surface area contributed by atoms with E-state index in [9.17, 15) is 12.8 Å². The molecule has 0 saturated carbocycles. The maximum absolute atomic E-state index is 12.8. The highest BCUT2D eigenvalue weighted by Gasteiger charge is 2.23. The molecule has 1 aromatic rings. The quantitative estimate of drug-likeness (QED) is 0.863. The molecule has 106 valence electrons. The minimum absolute atomic E-state index is 0.0397. The first kappa shape index (κ1) is 14.4. The maximum atomic E-state index is 12.8. The van der Waals surface area contributed by atoms with Crippen LogP contribution in [0.2, 0.25) is 0 Å². The van der Waals surface area contributed by atoms with Gasteiger partial charge in [-0.05, 0) is 44.0 Å². The van der Waals surface area contributed by atoms with E-state index in [0.717, 1.165) is 24.9 Å². The Bertz CT molecular complexity index is 510. The van der Waals surface area contributed by atoms with Gasteiger partial charge in [0.2, 0.25) is 10.0 Å². The largest absolute Gasteiger partial charge is 0.313 e. The first-order chi connectivity index (χ1) is 8.96. The summed E-state index contributed by atoms with van der Waals surface area (Å²) in [5, 5.41) is 3.16. The minimum Gasteiger partial charge on any atom is -0.313 e. The molecule has 0 aromatic heterocycles. The topological polar surface area (TPSA) is 58.2 Å². The zero-order chi connectivity index (χ0) is 13.9. The van der Waals surface area contributed by atoms with E-state index in [4.69, 9.17) is 0 Å². The van der Waals surface area contributed by atoms with Gasteiger partial charge >= 0.3 is 0 Å². The normalized spacial score (nSPS) is 21.5. The molecule has 2 rings (SSSR count). The number of hydrogen-bond donors (Lipinski definition) is 2. The predicted octanol–water partition coefficient (Wildman–Crippen LogP) is 1.56. The van der Waals surface area contributed by atoms with Gasteiger partial charge in [0.15, 0.2) is 0 Å². The van der Waals surface area contributed by atoms with Crippen LogP contribution in [0.3, 0.4) is 0 Å². The zero-order valence-electron chi connectivity index (χ0n) is 10.9. The molecule has 0 radical (unpaired) electrons. The molecule has 0 spiro atoms. The molecule has 1 aliphatic heterocycles. The van der Waals surface area contributed by atoms with Crippen LogP contribution in [-0.4, -0.2) is 26.8 Å². The van der Waals surface area contributed by atoms with Gasteiger partial charge < -0.3 is 5.32 Å². The average molecular weight is 286 g/mol. The third-order valence-corrected chi connectivity index (χ3v) is 4.86. The highest BCUT2D eigenvalue weighted by Crippen LogP contribution is 2.15. The first-order valence-corrected chi connectivity index (χ1v) is 8.10. The number of hydrogen-bond acceptors (Lipinski definition) is 3. The van der Waals surface area contributed by atoms with Gasteiger partial charge in [0.25, 0.3) is 0 Å². The Labute approximate surface area is 113 Å². The Morgan fingerprint density at radius 2 is 2.11 bits per heavy atom. The summed E-state index contributed by atoms with van der Waals surface area (Å²) in [7, 11) is -3.33. The van der Waals surface area contributed by atoms with Crippen molar-refractivity contribution >= 4 is 10.0 Å². The van der Waals surface area contributed by atoms with Crippen LogP contribution in [0.25, 0.3) is 0 Å². The lowest BCUT2D eigenvalue weighted by Crippen LogP contribution is -2.37. The number of nitrogens with one attached hydrogen (secondary N) is 2. The number of halogens is 1. The van der Waals surface area contributed by atoms with Crippen LogP contribution in [0.5, 0.6) is 0 Å². The van der Waals surface area contributed by atoms with E-state index in [1.807, 2.05) is 0 Å². The summed E-state index contributed by atoms with van der Waals surface area (Å²) < 4.78 is 39.5. The fourth-order valence-electron chi connectivity index (χ4n) is 2.30. The fourth-order valence-corrected chi connectivity index (χ4v) is 3.89. The molecule has 4 nitrogen and oxygen atoms in total. The highest BCUT2D eigenvalue weighted by molar-refractivity contribution is 7.89. The summed E-state index contributed by atoms with van der Waals surface area (Å²) in [6.07, 6.45) is 1.92. The molecular formula is C13H19FN2O2S. The summed E-state index contributed by atoms with van der Waals surface area (Å²) in [6, 6.07) is 5.54. The molecule has 19 heavy (non-hydrogen) atoms. The molecule has 2 atom stereocenters. The van der Waals surface area contributed by atoms with Crippen molar-refractivity contribution in [2.24, 2.45) is 0 Å². The summed E-state index contributed by atoms with van der Waals surface area (Å²) >= 11 is 0. The smallest absolute Gasteiger partial charge is 0.213 e. The van der Waals surface area contributed by atoms with Crippen LogP contribution in [-0.2, 0) is 10.0 Å². The Morgan fingerprint density at radius 1 is 1.42 bits per heavy atom. The molecule has 1 heterocycles. The fraction of sp³-hybridized carbons (Fsp3) is 0.538. The second-order valence-corrected chi connectivity index (χ2v) is 6.76. The lowest BCUT2D eigenvalue weighted by molar-refractivity contribution is 0.551. The molecule has 2 unspecified atom stereocenters. The van der Waals surface area contributed by atoms with Crippen molar-refractivity contribution < 1.29 is 12.8 Å². The van der Waals surface area contributed by atoms with Crippen molar-refractivity contribution in [1.29, 1.82) is 0 Å². The van der Waals surface area contributed by atoms with E-state index in [0.29, 0.717) is 0 Å². The van der Waals surface area contributed by atoms with Crippen LogP contribution >= 0.6 is 0 Å². The average Bonchev–Trinajstić information content (AvgIpc) is 2.81. The van der Waals surface area contributed by atoms with Crippen molar-refractivity contribution in [3.63, 3.8) is 0 Å². The Morgan fingerprint density at radius 3 is 2.68 bits per heavy atom. The Hall–Kier alpha value is -0.980. The zero-order valence-corrected chi connectivity index (χ0v) is 11.7. The minimum atomic E-state index is -3.33. The number of sulfonamides is 1.